The van der Waals surface area contributed by atoms with Crippen molar-refractivity contribution < 1.29 is 9.47 Å². The molecule has 2 heterocycles. The Kier molecular flexibility index (Phi) is 11.3. The lowest BCUT2D eigenvalue weighted by molar-refractivity contribution is -0.152. The molecule has 0 aromatic rings. The Morgan fingerprint density at radius 1 is 0.727 bits per heavy atom. The maximum absolute atomic E-state index is 6.10. The monoisotopic (exact) mass is 316 g/mol. The van der Waals surface area contributed by atoms with Gasteiger partial charge in [-0.25, -0.2) is 0 Å². The third-order valence-corrected chi connectivity index (χ3v) is 4.11. The summed E-state index contributed by atoms with van der Waals surface area (Å²) in [7, 11) is 4.35. The van der Waals surface area contributed by atoms with Gasteiger partial charge in [0.2, 0.25) is 0 Å². The van der Waals surface area contributed by atoms with Crippen LogP contribution in [0.25, 0.3) is 0 Å². The van der Waals surface area contributed by atoms with Crippen molar-refractivity contribution in [1.29, 1.82) is 0 Å². The second-order valence-corrected chi connectivity index (χ2v) is 6.27. The van der Waals surface area contributed by atoms with Crippen LogP contribution in [0.4, 0.5) is 0 Å². The molecule has 2 saturated heterocycles. The number of ether oxygens (including phenoxy) is 2. The Bertz CT molecular complexity index is 230. The van der Waals surface area contributed by atoms with E-state index in [2.05, 4.69) is 44.7 Å². The number of morpholine rings is 2. The molecule has 2 fully saturated rings. The van der Waals surface area contributed by atoms with Crippen molar-refractivity contribution in [2.45, 2.75) is 72.9 Å². The molecule has 0 aromatic heterocycles. The van der Waals surface area contributed by atoms with Crippen molar-refractivity contribution in [1.82, 2.24) is 9.80 Å². The Balaban J connectivity index is 0.00000102. The van der Waals surface area contributed by atoms with Crippen molar-refractivity contribution in [3.05, 3.63) is 0 Å². The average Bonchev–Trinajstić information content (AvgIpc) is 2.48. The van der Waals surface area contributed by atoms with Crippen molar-refractivity contribution in [3.8, 4) is 0 Å². The maximum Gasteiger partial charge on any atom is 0.0756 e. The van der Waals surface area contributed by atoms with Gasteiger partial charge in [0.25, 0.3) is 0 Å². The molecule has 4 heteroatoms. The van der Waals surface area contributed by atoms with E-state index >= 15 is 0 Å². The predicted molar refractivity (Wildman–Crippen MR) is 95.5 cm³/mol. The van der Waals surface area contributed by atoms with Crippen LogP contribution in [0.5, 0.6) is 0 Å². The molecule has 0 amide bonds. The molecule has 4 atom stereocenters. The summed E-state index contributed by atoms with van der Waals surface area (Å²) in [6, 6.07) is 0. The number of hydrogen-bond donors (Lipinski definition) is 0. The van der Waals surface area contributed by atoms with Crippen LogP contribution < -0.4 is 0 Å². The number of rotatable bonds is 2. The molecule has 2 rings (SSSR count). The van der Waals surface area contributed by atoms with Gasteiger partial charge in [0, 0.05) is 32.1 Å². The molecule has 2 aliphatic heterocycles. The molecule has 0 radical (unpaired) electrons. The van der Waals surface area contributed by atoms with E-state index in [1.165, 1.54) is 0 Å². The largest absolute Gasteiger partial charge is 0.372 e. The highest BCUT2D eigenvalue weighted by molar-refractivity contribution is 4.85. The van der Waals surface area contributed by atoms with Gasteiger partial charge in [-0.3, -0.25) is 0 Å². The SMILES string of the molecule is CC.CC.CC1CN(C)CC(C(C)C2CN(C)CC(C)O2)O1. The third kappa shape index (κ3) is 6.95. The summed E-state index contributed by atoms with van der Waals surface area (Å²) in [5.74, 6) is 0.445. The van der Waals surface area contributed by atoms with E-state index in [4.69, 9.17) is 9.47 Å². The summed E-state index contributed by atoms with van der Waals surface area (Å²) in [5, 5.41) is 0. The summed E-state index contributed by atoms with van der Waals surface area (Å²) in [4.78, 5) is 4.73. The molecule has 0 spiro atoms. The minimum Gasteiger partial charge on any atom is -0.372 e. The maximum atomic E-state index is 6.10. The van der Waals surface area contributed by atoms with Gasteiger partial charge in [-0.1, -0.05) is 34.6 Å². The first-order valence-corrected chi connectivity index (χ1v) is 9.13. The summed E-state index contributed by atoms with van der Waals surface area (Å²) < 4.78 is 12.2. The molecule has 0 saturated carbocycles. The molecule has 134 valence electrons. The fraction of sp³-hybridized carbons (Fsp3) is 1.00. The van der Waals surface area contributed by atoms with Gasteiger partial charge < -0.3 is 19.3 Å². The van der Waals surface area contributed by atoms with E-state index in [-0.39, 0.29) is 0 Å². The minimum atomic E-state index is 0.294. The van der Waals surface area contributed by atoms with Crippen LogP contribution in [-0.4, -0.2) is 74.5 Å². The van der Waals surface area contributed by atoms with Crippen LogP contribution in [0, 0.1) is 5.92 Å². The summed E-state index contributed by atoms with van der Waals surface area (Å²) in [6.07, 6.45) is 1.25. The molecule has 4 nitrogen and oxygen atoms in total. The first kappa shape index (κ1) is 21.8. The highest BCUT2D eigenvalue weighted by atomic mass is 16.5. The van der Waals surface area contributed by atoms with Gasteiger partial charge in [0.15, 0.2) is 0 Å². The molecule has 0 aromatic carbocycles. The Morgan fingerprint density at radius 3 is 1.32 bits per heavy atom. The Morgan fingerprint density at radius 2 is 1.05 bits per heavy atom. The van der Waals surface area contributed by atoms with Crippen molar-refractivity contribution >= 4 is 0 Å². The third-order valence-electron chi connectivity index (χ3n) is 4.11. The molecule has 0 bridgehead atoms. The topological polar surface area (TPSA) is 24.9 Å². The second kappa shape index (κ2) is 11.4. The van der Waals surface area contributed by atoms with Crippen LogP contribution in [0.3, 0.4) is 0 Å². The first-order chi connectivity index (χ1) is 10.5. The summed E-state index contributed by atoms with van der Waals surface area (Å²) in [6.45, 7) is 18.7. The lowest BCUT2D eigenvalue weighted by atomic mass is 9.94. The average molecular weight is 317 g/mol. The van der Waals surface area contributed by atoms with Gasteiger partial charge in [0.1, 0.15) is 0 Å². The second-order valence-electron chi connectivity index (χ2n) is 6.27. The van der Waals surface area contributed by atoms with Gasteiger partial charge >= 0.3 is 0 Å². The van der Waals surface area contributed by atoms with E-state index in [1.54, 1.807) is 0 Å². The fourth-order valence-corrected chi connectivity index (χ4v) is 3.23. The molecule has 4 unspecified atom stereocenters. The van der Waals surface area contributed by atoms with Gasteiger partial charge in [0.05, 0.1) is 24.4 Å². The standard InChI is InChI=1S/C14H28N2O2.2C2H6/c1-10-6-15(4)8-13(17-10)12(3)14-9-16(5)7-11(2)18-14;2*1-2/h10-14H,6-9H2,1-5H3;2*1-2H3. The van der Waals surface area contributed by atoms with E-state index in [0.29, 0.717) is 30.3 Å². The van der Waals surface area contributed by atoms with Crippen LogP contribution >= 0.6 is 0 Å². The van der Waals surface area contributed by atoms with Crippen LogP contribution in [0.2, 0.25) is 0 Å². The lowest BCUT2D eigenvalue weighted by Crippen LogP contribution is -2.54. The van der Waals surface area contributed by atoms with E-state index in [9.17, 15) is 0 Å². The molecule has 0 aliphatic carbocycles. The highest BCUT2D eigenvalue weighted by Gasteiger charge is 2.35. The Hall–Kier alpha value is -0.160. The molecule has 2 aliphatic rings. The normalized spacial score (nSPS) is 34.8. The van der Waals surface area contributed by atoms with Crippen molar-refractivity contribution in [3.63, 3.8) is 0 Å². The van der Waals surface area contributed by atoms with E-state index in [1.807, 2.05) is 27.7 Å². The predicted octanol–water partition coefficient (Wildman–Crippen LogP) is 3.11. The van der Waals surface area contributed by atoms with Crippen molar-refractivity contribution in [2.24, 2.45) is 5.92 Å². The smallest absolute Gasteiger partial charge is 0.0756 e. The zero-order valence-corrected chi connectivity index (χ0v) is 16.4. The van der Waals surface area contributed by atoms with Gasteiger partial charge in [-0.2, -0.15) is 0 Å². The van der Waals surface area contributed by atoms with E-state index < -0.39 is 0 Å². The van der Waals surface area contributed by atoms with Crippen LogP contribution in [0.1, 0.15) is 48.5 Å². The minimum absolute atomic E-state index is 0.294. The van der Waals surface area contributed by atoms with Gasteiger partial charge in [-0.15, -0.1) is 0 Å². The van der Waals surface area contributed by atoms with Crippen LogP contribution in [-0.2, 0) is 9.47 Å². The molecule has 22 heavy (non-hydrogen) atoms. The quantitative estimate of drug-likeness (QED) is 0.781. The zero-order valence-electron chi connectivity index (χ0n) is 16.4. The molecular formula is C18H40N2O2. The number of hydrogen-bond acceptors (Lipinski definition) is 4. The number of nitrogens with zero attached hydrogens (tertiary/aromatic N) is 2. The fourth-order valence-electron chi connectivity index (χ4n) is 3.23. The first-order valence-electron chi connectivity index (χ1n) is 9.13. The lowest BCUT2D eigenvalue weighted by Gasteiger charge is -2.43. The van der Waals surface area contributed by atoms with Crippen LogP contribution in [0.15, 0.2) is 0 Å². The van der Waals surface area contributed by atoms with Gasteiger partial charge in [-0.05, 0) is 27.9 Å². The van der Waals surface area contributed by atoms with E-state index in [0.717, 1.165) is 26.2 Å². The summed E-state index contributed by atoms with van der Waals surface area (Å²) >= 11 is 0. The zero-order chi connectivity index (χ0) is 17.3. The molecular weight excluding hydrogens is 276 g/mol. The Labute approximate surface area is 139 Å². The molecule has 0 N–H and O–H groups in total. The highest BCUT2D eigenvalue weighted by Crippen LogP contribution is 2.24. The van der Waals surface area contributed by atoms with Crippen molar-refractivity contribution in [2.75, 3.05) is 40.3 Å². The number of likely N-dealkylation sites (N-methyl/N-ethyl adjacent to an activating group) is 2. The summed E-state index contributed by atoms with van der Waals surface area (Å²) in [5.41, 5.74) is 0.